The summed E-state index contributed by atoms with van der Waals surface area (Å²) >= 11 is 12.3. The summed E-state index contributed by atoms with van der Waals surface area (Å²) < 4.78 is 10.8. The van der Waals surface area contributed by atoms with E-state index in [1.54, 1.807) is 36.4 Å². The van der Waals surface area contributed by atoms with Gasteiger partial charge < -0.3 is 19.5 Å². The molecule has 0 aliphatic carbocycles. The molecule has 32 heavy (non-hydrogen) atoms. The van der Waals surface area contributed by atoms with Crippen molar-refractivity contribution in [2.45, 2.75) is 26.3 Å². The van der Waals surface area contributed by atoms with Gasteiger partial charge in [0.05, 0.1) is 34.9 Å². The van der Waals surface area contributed by atoms with Gasteiger partial charge in [0.15, 0.2) is 0 Å². The fourth-order valence-corrected chi connectivity index (χ4v) is 3.96. The number of methoxy groups -OCH3 is 1. The van der Waals surface area contributed by atoms with Crippen LogP contribution in [0.2, 0.25) is 10.0 Å². The van der Waals surface area contributed by atoms with E-state index in [2.05, 4.69) is 0 Å². The van der Waals surface area contributed by atoms with Crippen molar-refractivity contribution in [3.63, 3.8) is 0 Å². The molecule has 1 aliphatic heterocycles. The van der Waals surface area contributed by atoms with Crippen LogP contribution in [0.5, 0.6) is 5.75 Å². The zero-order chi connectivity index (χ0) is 23.4. The van der Waals surface area contributed by atoms with Crippen LogP contribution in [0.1, 0.15) is 36.1 Å². The van der Waals surface area contributed by atoms with Gasteiger partial charge in [-0.05, 0) is 54.8 Å². The third-order valence-electron chi connectivity index (χ3n) is 5.25. The molecule has 1 N–H and O–H groups in total. The Bertz CT molecular complexity index is 1070. The molecule has 0 bridgehead atoms. The molecule has 170 valence electrons. The number of likely N-dealkylation sites (tertiary alicyclic amines) is 1. The van der Waals surface area contributed by atoms with Crippen LogP contribution in [0.4, 0.5) is 0 Å². The molecule has 2 aromatic carbocycles. The SMILES string of the molecule is CCCOc1ccc(/C(O)=C2/C(=O)C(=O)N(CCOC)C2c2ccc(Cl)c(Cl)c2)cc1C. The molecule has 0 saturated carbocycles. The number of aliphatic hydroxyl groups is 1. The standard InChI is InChI=1S/C24H25Cl2NO5/c1-4-10-32-19-8-6-16(12-14(19)2)22(28)20-21(15-5-7-17(25)18(26)13-15)27(9-11-31-3)24(30)23(20)29/h5-8,12-13,21,28H,4,9-11H2,1-3H3/b22-20-. The zero-order valence-corrected chi connectivity index (χ0v) is 19.7. The number of aliphatic hydroxyl groups excluding tert-OH is 1. The number of ether oxygens (including phenoxy) is 2. The number of carbonyl (C=O) groups is 2. The Morgan fingerprint density at radius 3 is 2.47 bits per heavy atom. The van der Waals surface area contributed by atoms with E-state index in [0.717, 1.165) is 12.0 Å². The lowest BCUT2D eigenvalue weighted by molar-refractivity contribution is -0.140. The first kappa shape index (κ1) is 24.1. The Balaban J connectivity index is 2.12. The number of halogens is 2. The van der Waals surface area contributed by atoms with Crippen molar-refractivity contribution in [1.82, 2.24) is 4.90 Å². The number of ketones is 1. The van der Waals surface area contributed by atoms with Crippen molar-refractivity contribution in [3.05, 3.63) is 68.7 Å². The smallest absolute Gasteiger partial charge is 0.295 e. The molecule has 0 spiro atoms. The molecule has 1 saturated heterocycles. The molecule has 1 fully saturated rings. The summed E-state index contributed by atoms with van der Waals surface area (Å²) in [5.41, 5.74) is 1.78. The van der Waals surface area contributed by atoms with E-state index in [1.165, 1.54) is 12.0 Å². The van der Waals surface area contributed by atoms with Crippen LogP contribution < -0.4 is 4.74 Å². The maximum Gasteiger partial charge on any atom is 0.295 e. The molecule has 1 amide bonds. The Hall–Kier alpha value is -2.54. The van der Waals surface area contributed by atoms with Gasteiger partial charge in [0, 0.05) is 19.2 Å². The summed E-state index contributed by atoms with van der Waals surface area (Å²) in [6.07, 6.45) is 0.871. The maximum absolute atomic E-state index is 13.0. The van der Waals surface area contributed by atoms with Gasteiger partial charge in [-0.1, -0.05) is 36.2 Å². The number of carbonyl (C=O) groups excluding carboxylic acids is 2. The van der Waals surface area contributed by atoms with Gasteiger partial charge in [-0.2, -0.15) is 0 Å². The fraction of sp³-hybridized carbons (Fsp3) is 0.333. The monoisotopic (exact) mass is 477 g/mol. The average Bonchev–Trinajstić information content (AvgIpc) is 3.03. The maximum atomic E-state index is 13.0. The van der Waals surface area contributed by atoms with E-state index in [9.17, 15) is 14.7 Å². The van der Waals surface area contributed by atoms with Crippen molar-refractivity contribution in [2.75, 3.05) is 26.9 Å². The molecule has 2 aromatic rings. The Labute approximate surface area is 197 Å². The topological polar surface area (TPSA) is 76.1 Å². The number of Topliss-reactive ketones (excluding diaryl/α,β-unsaturated/α-hetero) is 1. The number of hydrogen-bond acceptors (Lipinski definition) is 5. The molecule has 1 aliphatic rings. The highest BCUT2D eigenvalue weighted by molar-refractivity contribution is 6.46. The van der Waals surface area contributed by atoms with Gasteiger partial charge in [-0.3, -0.25) is 9.59 Å². The summed E-state index contributed by atoms with van der Waals surface area (Å²) in [4.78, 5) is 27.2. The summed E-state index contributed by atoms with van der Waals surface area (Å²) in [5.74, 6) is -1.03. The van der Waals surface area contributed by atoms with E-state index in [0.29, 0.717) is 28.5 Å². The van der Waals surface area contributed by atoms with E-state index in [1.807, 2.05) is 13.8 Å². The average molecular weight is 478 g/mol. The Kier molecular flexibility index (Phi) is 7.82. The first-order valence-corrected chi connectivity index (χ1v) is 11.0. The van der Waals surface area contributed by atoms with Crippen molar-refractivity contribution in [1.29, 1.82) is 0 Å². The van der Waals surface area contributed by atoms with Crippen molar-refractivity contribution >= 4 is 40.7 Å². The normalized spacial score (nSPS) is 17.8. The number of amides is 1. The Morgan fingerprint density at radius 1 is 1.09 bits per heavy atom. The first-order chi connectivity index (χ1) is 15.3. The second-order valence-electron chi connectivity index (χ2n) is 7.49. The summed E-state index contributed by atoms with van der Waals surface area (Å²) in [5, 5.41) is 11.8. The van der Waals surface area contributed by atoms with Gasteiger partial charge in [0.2, 0.25) is 0 Å². The van der Waals surface area contributed by atoms with Crippen molar-refractivity contribution in [2.24, 2.45) is 0 Å². The predicted molar refractivity (Wildman–Crippen MR) is 124 cm³/mol. The molecular weight excluding hydrogens is 453 g/mol. The summed E-state index contributed by atoms with van der Waals surface area (Å²) in [7, 11) is 1.51. The van der Waals surface area contributed by atoms with Gasteiger partial charge in [0.1, 0.15) is 11.5 Å². The van der Waals surface area contributed by atoms with Gasteiger partial charge in [-0.25, -0.2) is 0 Å². The molecular formula is C24H25Cl2NO5. The molecule has 6 nitrogen and oxygen atoms in total. The lowest BCUT2D eigenvalue weighted by atomic mass is 9.95. The highest BCUT2D eigenvalue weighted by atomic mass is 35.5. The lowest BCUT2D eigenvalue weighted by Crippen LogP contribution is -2.32. The second kappa shape index (κ2) is 10.4. The minimum absolute atomic E-state index is 0.00822. The van der Waals surface area contributed by atoms with Crippen molar-refractivity contribution in [3.8, 4) is 5.75 Å². The van der Waals surface area contributed by atoms with Crippen LogP contribution in [0.15, 0.2) is 42.0 Å². The summed E-state index contributed by atoms with van der Waals surface area (Å²) in [6.45, 7) is 4.85. The molecule has 1 atom stereocenters. The number of rotatable bonds is 8. The van der Waals surface area contributed by atoms with E-state index < -0.39 is 17.7 Å². The van der Waals surface area contributed by atoms with E-state index in [4.69, 9.17) is 32.7 Å². The van der Waals surface area contributed by atoms with E-state index in [-0.39, 0.29) is 29.5 Å². The molecule has 0 radical (unpaired) electrons. The molecule has 0 aromatic heterocycles. The predicted octanol–water partition coefficient (Wildman–Crippen LogP) is 5.16. The molecule has 1 heterocycles. The van der Waals surface area contributed by atoms with Gasteiger partial charge >= 0.3 is 0 Å². The van der Waals surface area contributed by atoms with Gasteiger partial charge in [0.25, 0.3) is 11.7 Å². The highest BCUT2D eigenvalue weighted by Crippen LogP contribution is 2.41. The van der Waals surface area contributed by atoms with E-state index >= 15 is 0 Å². The zero-order valence-electron chi connectivity index (χ0n) is 18.2. The van der Waals surface area contributed by atoms with Crippen LogP contribution in [-0.4, -0.2) is 48.6 Å². The highest BCUT2D eigenvalue weighted by Gasteiger charge is 2.46. The second-order valence-corrected chi connectivity index (χ2v) is 8.30. The quantitative estimate of drug-likeness (QED) is 0.322. The third-order valence-corrected chi connectivity index (χ3v) is 5.98. The number of aryl methyl sites for hydroxylation is 1. The van der Waals surface area contributed by atoms with Gasteiger partial charge in [-0.15, -0.1) is 0 Å². The molecule has 1 unspecified atom stereocenters. The molecule has 8 heteroatoms. The minimum atomic E-state index is -0.823. The van der Waals surface area contributed by atoms with Crippen LogP contribution in [0.25, 0.3) is 5.76 Å². The fourth-order valence-electron chi connectivity index (χ4n) is 3.66. The van der Waals surface area contributed by atoms with Crippen LogP contribution >= 0.6 is 23.2 Å². The number of benzene rings is 2. The third kappa shape index (κ3) is 4.77. The summed E-state index contributed by atoms with van der Waals surface area (Å²) in [6, 6.07) is 9.20. The Morgan fingerprint density at radius 2 is 1.84 bits per heavy atom. The largest absolute Gasteiger partial charge is 0.507 e. The lowest BCUT2D eigenvalue weighted by Gasteiger charge is -2.25. The van der Waals surface area contributed by atoms with Crippen molar-refractivity contribution < 1.29 is 24.2 Å². The first-order valence-electron chi connectivity index (χ1n) is 10.3. The van der Waals surface area contributed by atoms with Crippen LogP contribution in [-0.2, 0) is 14.3 Å². The van der Waals surface area contributed by atoms with Crippen LogP contribution in [0, 0.1) is 6.92 Å². The molecule has 3 rings (SSSR count). The van der Waals surface area contributed by atoms with Crippen LogP contribution in [0.3, 0.4) is 0 Å². The minimum Gasteiger partial charge on any atom is -0.507 e. The number of nitrogens with zero attached hydrogens (tertiary/aromatic N) is 1. The number of hydrogen-bond donors (Lipinski definition) is 1.